The number of nitrogens with zero attached hydrogens (tertiary/aromatic N) is 2. The third-order valence-electron chi connectivity index (χ3n) is 2.54. The summed E-state index contributed by atoms with van der Waals surface area (Å²) in [6.45, 7) is 5.79. The normalized spacial score (nSPS) is 17.1. The zero-order valence-electron chi connectivity index (χ0n) is 8.57. The van der Waals surface area contributed by atoms with E-state index in [-0.39, 0.29) is 0 Å². The van der Waals surface area contributed by atoms with Crippen LogP contribution in [0.3, 0.4) is 0 Å². The lowest BCUT2D eigenvalue weighted by Gasteiger charge is -2.28. The predicted molar refractivity (Wildman–Crippen MR) is 56.6 cm³/mol. The van der Waals surface area contributed by atoms with E-state index in [1.54, 1.807) is 0 Å². The lowest BCUT2D eigenvalue weighted by Crippen LogP contribution is -2.36. The molecule has 0 amide bonds. The van der Waals surface area contributed by atoms with Crippen LogP contribution in [0.25, 0.3) is 0 Å². The van der Waals surface area contributed by atoms with Crippen molar-refractivity contribution in [2.24, 2.45) is 0 Å². The molecule has 1 aliphatic heterocycles. The minimum Gasteiger partial charge on any atom is -0.378 e. The largest absolute Gasteiger partial charge is 0.378 e. The van der Waals surface area contributed by atoms with Gasteiger partial charge in [0.1, 0.15) is 0 Å². The molecule has 3 heteroatoms. The zero-order chi connectivity index (χ0) is 9.80. The summed E-state index contributed by atoms with van der Waals surface area (Å²) in [5.74, 6) is 0. The van der Waals surface area contributed by atoms with E-state index < -0.39 is 0 Å². The summed E-state index contributed by atoms with van der Waals surface area (Å²) in [5, 5.41) is 0. The second-order valence-electron chi connectivity index (χ2n) is 3.46. The van der Waals surface area contributed by atoms with E-state index in [2.05, 4.69) is 28.9 Å². The monoisotopic (exact) mass is 192 g/mol. The van der Waals surface area contributed by atoms with Crippen molar-refractivity contribution in [1.29, 1.82) is 0 Å². The number of pyridine rings is 1. The van der Waals surface area contributed by atoms with Gasteiger partial charge in [0.25, 0.3) is 0 Å². The molecular formula is C11H16N2O. The Morgan fingerprint density at radius 3 is 2.93 bits per heavy atom. The molecule has 14 heavy (non-hydrogen) atoms. The molecule has 1 fully saturated rings. The van der Waals surface area contributed by atoms with Gasteiger partial charge in [-0.2, -0.15) is 0 Å². The van der Waals surface area contributed by atoms with Crippen molar-refractivity contribution in [3.63, 3.8) is 0 Å². The summed E-state index contributed by atoms with van der Waals surface area (Å²) in [4.78, 5) is 6.65. The quantitative estimate of drug-likeness (QED) is 0.709. The first-order valence-corrected chi connectivity index (χ1v) is 5.18. The van der Waals surface area contributed by atoms with Gasteiger partial charge in [0, 0.05) is 30.7 Å². The molecule has 1 aromatic rings. The first kappa shape index (κ1) is 9.46. The topological polar surface area (TPSA) is 25.4 Å². The van der Waals surface area contributed by atoms with Crippen molar-refractivity contribution in [2.75, 3.05) is 31.2 Å². The molecule has 2 rings (SSSR count). The van der Waals surface area contributed by atoms with Crippen LogP contribution < -0.4 is 4.90 Å². The van der Waals surface area contributed by atoms with E-state index in [0.717, 1.165) is 38.4 Å². The van der Waals surface area contributed by atoms with Gasteiger partial charge in [-0.05, 0) is 18.6 Å². The van der Waals surface area contributed by atoms with Crippen molar-refractivity contribution >= 4 is 5.69 Å². The maximum absolute atomic E-state index is 5.32. The fraction of sp³-hybridized carbons (Fsp3) is 0.545. The summed E-state index contributed by atoms with van der Waals surface area (Å²) in [6.07, 6.45) is 2.89. The molecule has 1 saturated heterocycles. The van der Waals surface area contributed by atoms with E-state index in [1.165, 1.54) is 5.69 Å². The lowest BCUT2D eigenvalue weighted by atomic mass is 10.2. The molecular weight excluding hydrogens is 176 g/mol. The third kappa shape index (κ3) is 2.04. The molecule has 0 unspecified atom stereocenters. The second-order valence-corrected chi connectivity index (χ2v) is 3.46. The molecule has 2 heterocycles. The molecule has 0 spiro atoms. The maximum atomic E-state index is 5.32. The van der Waals surface area contributed by atoms with Gasteiger partial charge in [-0.3, -0.25) is 4.98 Å². The Kier molecular flexibility index (Phi) is 2.99. The number of anilines is 1. The van der Waals surface area contributed by atoms with Gasteiger partial charge in [0.2, 0.25) is 0 Å². The summed E-state index contributed by atoms with van der Waals surface area (Å²) >= 11 is 0. The van der Waals surface area contributed by atoms with E-state index in [9.17, 15) is 0 Å². The van der Waals surface area contributed by atoms with Gasteiger partial charge in [0.05, 0.1) is 13.2 Å². The first-order valence-electron chi connectivity index (χ1n) is 5.18. The molecule has 0 N–H and O–H groups in total. The molecule has 0 aliphatic carbocycles. The fourth-order valence-electron chi connectivity index (χ4n) is 1.68. The number of aromatic nitrogens is 1. The number of aryl methyl sites for hydroxylation is 1. The molecule has 0 atom stereocenters. The summed E-state index contributed by atoms with van der Waals surface area (Å²) in [7, 11) is 0. The number of ether oxygens (including phenoxy) is 1. The van der Waals surface area contributed by atoms with E-state index >= 15 is 0 Å². The Morgan fingerprint density at radius 2 is 2.21 bits per heavy atom. The van der Waals surface area contributed by atoms with Crippen LogP contribution in [0, 0.1) is 0 Å². The Morgan fingerprint density at radius 1 is 1.43 bits per heavy atom. The van der Waals surface area contributed by atoms with Crippen LogP contribution in [-0.4, -0.2) is 31.3 Å². The van der Waals surface area contributed by atoms with Crippen molar-refractivity contribution in [3.8, 4) is 0 Å². The molecule has 1 aromatic heterocycles. The number of hydrogen-bond acceptors (Lipinski definition) is 3. The number of morpholine rings is 1. The van der Waals surface area contributed by atoms with Crippen LogP contribution in [-0.2, 0) is 11.2 Å². The number of hydrogen-bond donors (Lipinski definition) is 0. The van der Waals surface area contributed by atoms with Gasteiger partial charge in [0.15, 0.2) is 0 Å². The van der Waals surface area contributed by atoms with Crippen molar-refractivity contribution in [1.82, 2.24) is 4.98 Å². The van der Waals surface area contributed by atoms with Crippen molar-refractivity contribution in [3.05, 3.63) is 24.0 Å². The fourth-order valence-corrected chi connectivity index (χ4v) is 1.68. The second kappa shape index (κ2) is 4.42. The Bertz CT molecular complexity index is 295. The van der Waals surface area contributed by atoms with Crippen LogP contribution in [0.1, 0.15) is 12.6 Å². The minimum absolute atomic E-state index is 0.837. The van der Waals surface area contributed by atoms with Gasteiger partial charge >= 0.3 is 0 Å². The van der Waals surface area contributed by atoms with Gasteiger partial charge in [-0.25, -0.2) is 0 Å². The van der Waals surface area contributed by atoms with Crippen LogP contribution in [0.4, 0.5) is 5.69 Å². The van der Waals surface area contributed by atoms with Gasteiger partial charge in [-0.15, -0.1) is 0 Å². The van der Waals surface area contributed by atoms with E-state index in [0.29, 0.717) is 0 Å². The van der Waals surface area contributed by atoms with E-state index in [4.69, 9.17) is 4.74 Å². The van der Waals surface area contributed by atoms with Gasteiger partial charge < -0.3 is 9.64 Å². The Labute approximate surface area is 84.7 Å². The van der Waals surface area contributed by atoms with Crippen molar-refractivity contribution < 1.29 is 4.74 Å². The smallest absolute Gasteiger partial charge is 0.0642 e. The highest BCUT2D eigenvalue weighted by atomic mass is 16.5. The van der Waals surface area contributed by atoms with Crippen LogP contribution in [0.5, 0.6) is 0 Å². The van der Waals surface area contributed by atoms with E-state index in [1.807, 2.05) is 6.20 Å². The molecule has 1 aliphatic rings. The highest BCUT2D eigenvalue weighted by molar-refractivity contribution is 5.46. The molecule has 3 nitrogen and oxygen atoms in total. The molecule has 76 valence electrons. The summed E-state index contributed by atoms with van der Waals surface area (Å²) < 4.78 is 5.32. The molecule has 0 radical (unpaired) electrons. The third-order valence-corrected chi connectivity index (χ3v) is 2.54. The Hall–Kier alpha value is -1.09. The van der Waals surface area contributed by atoms with Crippen LogP contribution in [0.2, 0.25) is 0 Å². The highest BCUT2D eigenvalue weighted by Gasteiger charge is 2.10. The Balaban J connectivity index is 2.13. The molecule has 0 saturated carbocycles. The highest BCUT2D eigenvalue weighted by Crippen LogP contribution is 2.15. The molecule has 0 aromatic carbocycles. The number of rotatable bonds is 2. The average molecular weight is 192 g/mol. The van der Waals surface area contributed by atoms with Crippen LogP contribution >= 0.6 is 0 Å². The molecule has 0 bridgehead atoms. The SMILES string of the molecule is CCc1cc(N2CCOCC2)ccn1. The maximum Gasteiger partial charge on any atom is 0.0642 e. The van der Waals surface area contributed by atoms with Crippen LogP contribution in [0.15, 0.2) is 18.3 Å². The minimum atomic E-state index is 0.837. The zero-order valence-corrected chi connectivity index (χ0v) is 8.57. The standard InChI is InChI=1S/C11H16N2O/c1-2-10-9-11(3-4-12-10)13-5-7-14-8-6-13/h3-4,9H,2,5-8H2,1H3. The summed E-state index contributed by atoms with van der Waals surface area (Å²) in [5.41, 5.74) is 2.44. The van der Waals surface area contributed by atoms with Crippen molar-refractivity contribution in [2.45, 2.75) is 13.3 Å². The average Bonchev–Trinajstić information content (AvgIpc) is 2.30. The van der Waals surface area contributed by atoms with Gasteiger partial charge in [-0.1, -0.05) is 6.92 Å². The predicted octanol–water partition coefficient (Wildman–Crippen LogP) is 1.48. The first-order chi connectivity index (χ1) is 6.90. The summed E-state index contributed by atoms with van der Waals surface area (Å²) in [6, 6.07) is 4.25. The lowest BCUT2D eigenvalue weighted by molar-refractivity contribution is 0.122.